The zero-order valence-corrected chi connectivity index (χ0v) is 12.9. The van der Waals surface area contributed by atoms with Gasteiger partial charge in [-0.2, -0.15) is 0 Å². The lowest BCUT2D eigenvalue weighted by Gasteiger charge is -2.30. The molecule has 0 amide bonds. The van der Waals surface area contributed by atoms with Gasteiger partial charge in [-0.05, 0) is 24.1 Å². The molecule has 0 spiro atoms. The van der Waals surface area contributed by atoms with Crippen LogP contribution < -0.4 is 0 Å². The van der Waals surface area contributed by atoms with E-state index in [9.17, 15) is 14.9 Å². The number of hydrogen-bond donors (Lipinski definition) is 0. The molecule has 0 aromatic heterocycles. The van der Waals surface area contributed by atoms with Crippen LogP contribution in [0.2, 0.25) is 5.02 Å². The molecule has 1 fully saturated rings. The quantitative estimate of drug-likeness (QED) is 0.483. The van der Waals surface area contributed by atoms with E-state index >= 15 is 0 Å². The van der Waals surface area contributed by atoms with Crippen molar-refractivity contribution < 1.29 is 14.5 Å². The molecule has 23 heavy (non-hydrogen) atoms. The first-order chi connectivity index (χ1) is 11.1. The van der Waals surface area contributed by atoms with E-state index in [-0.39, 0.29) is 11.6 Å². The second kappa shape index (κ2) is 6.38. The van der Waals surface area contributed by atoms with E-state index < -0.39 is 16.8 Å². The lowest BCUT2D eigenvalue weighted by molar-refractivity contribution is -0.385. The zero-order chi connectivity index (χ0) is 16.4. The molecule has 2 aromatic carbocycles. The minimum atomic E-state index is -0.688. The van der Waals surface area contributed by atoms with Gasteiger partial charge in [0.25, 0.3) is 5.69 Å². The van der Waals surface area contributed by atoms with Crippen LogP contribution in [-0.2, 0) is 9.53 Å². The molecule has 0 saturated carbocycles. The molecule has 2 atom stereocenters. The maximum Gasteiger partial charge on any atom is 0.314 e. The number of rotatable bonds is 3. The molecule has 0 bridgehead atoms. The van der Waals surface area contributed by atoms with Gasteiger partial charge in [-0.1, -0.05) is 41.9 Å². The summed E-state index contributed by atoms with van der Waals surface area (Å²) in [5.74, 6) is -1.29. The molecule has 5 nitrogen and oxygen atoms in total. The lowest BCUT2D eigenvalue weighted by Crippen LogP contribution is -2.30. The number of halogens is 1. The first kappa shape index (κ1) is 15.5. The average Bonchev–Trinajstić information content (AvgIpc) is 2.55. The Kier molecular flexibility index (Phi) is 4.30. The van der Waals surface area contributed by atoms with Crippen LogP contribution in [0.15, 0.2) is 48.5 Å². The number of esters is 1. The van der Waals surface area contributed by atoms with Gasteiger partial charge >= 0.3 is 5.97 Å². The van der Waals surface area contributed by atoms with Gasteiger partial charge in [0.1, 0.15) is 0 Å². The molecule has 1 saturated heterocycles. The highest BCUT2D eigenvalue weighted by Crippen LogP contribution is 2.42. The van der Waals surface area contributed by atoms with E-state index in [2.05, 4.69) is 0 Å². The highest BCUT2D eigenvalue weighted by Gasteiger charge is 2.39. The average molecular weight is 332 g/mol. The molecular formula is C17H14ClNO4. The number of ether oxygens (including phenoxy) is 1. The smallest absolute Gasteiger partial charge is 0.314 e. The monoisotopic (exact) mass is 331 g/mol. The predicted octanol–water partition coefficient (Wildman–Crippen LogP) is 4.06. The summed E-state index contributed by atoms with van der Waals surface area (Å²) in [6.45, 7) is 0.309. The summed E-state index contributed by atoms with van der Waals surface area (Å²) in [6, 6.07) is 13.5. The van der Waals surface area contributed by atoms with Crippen molar-refractivity contribution in [2.24, 2.45) is 0 Å². The summed E-state index contributed by atoms with van der Waals surface area (Å²) in [7, 11) is 0. The van der Waals surface area contributed by atoms with Crippen molar-refractivity contribution in [3.63, 3.8) is 0 Å². The lowest BCUT2D eigenvalue weighted by atomic mass is 9.78. The maximum absolute atomic E-state index is 12.3. The Morgan fingerprint density at radius 3 is 2.52 bits per heavy atom. The van der Waals surface area contributed by atoms with Gasteiger partial charge in [0, 0.05) is 22.6 Å². The van der Waals surface area contributed by atoms with E-state index in [1.807, 2.05) is 12.1 Å². The number of para-hydroxylation sites is 1. The molecule has 3 rings (SSSR count). The molecule has 6 heteroatoms. The van der Waals surface area contributed by atoms with Gasteiger partial charge in [-0.25, -0.2) is 0 Å². The predicted molar refractivity (Wildman–Crippen MR) is 85.6 cm³/mol. The molecule has 2 aromatic rings. The second-order valence-corrected chi connectivity index (χ2v) is 5.84. The summed E-state index contributed by atoms with van der Waals surface area (Å²) in [5, 5.41) is 11.9. The fraction of sp³-hybridized carbons (Fsp3) is 0.235. The largest absolute Gasteiger partial charge is 0.465 e. The molecule has 1 aliphatic rings. The van der Waals surface area contributed by atoms with E-state index in [4.69, 9.17) is 16.3 Å². The third kappa shape index (κ3) is 3.05. The first-order valence-electron chi connectivity index (χ1n) is 7.23. The Morgan fingerprint density at radius 2 is 1.83 bits per heavy atom. The van der Waals surface area contributed by atoms with Gasteiger partial charge in [0.05, 0.1) is 17.4 Å². The fourth-order valence-electron chi connectivity index (χ4n) is 3.04. The number of hydrogen-bond acceptors (Lipinski definition) is 4. The topological polar surface area (TPSA) is 69.4 Å². The molecule has 0 unspecified atom stereocenters. The minimum absolute atomic E-state index is 0.0599. The molecule has 118 valence electrons. The van der Waals surface area contributed by atoms with E-state index in [1.165, 1.54) is 6.07 Å². The van der Waals surface area contributed by atoms with Crippen molar-refractivity contribution in [3.05, 3.63) is 74.8 Å². The van der Waals surface area contributed by atoms with E-state index in [0.29, 0.717) is 23.6 Å². The Bertz CT molecular complexity index is 745. The number of nitro groups is 1. The number of benzene rings is 2. The molecule has 1 aliphatic heterocycles. The minimum Gasteiger partial charge on any atom is -0.465 e. The van der Waals surface area contributed by atoms with Crippen molar-refractivity contribution in [1.29, 1.82) is 0 Å². The van der Waals surface area contributed by atoms with Crippen molar-refractivity contribution in [2.45, 2.75) is 18.3 Å². The Hall–Kier alpha value is -2.40. The van der Waals surface area contributed by atoms with E-state index in [1.54, 1.807) is 30.3 Å². The molecule has 0 radical (unpaired) electrons. The van der Waals surface area contributed by atoms with Crippen molar-refractivity contribution in [2.75, 3.05) is 6.61 Å². The third-order valence-electron chi connectivity index (χ3n) is 4.10. The molecule has 1 heterocycles. The van der Waals surface area contributed by atoms with Gasteiger partial charge in [0.2, 0.25) is 0 Å². The van der Waals surface area contributed by atoms with Crippen molar-refractivity contribution in [1.82, 2.24) is 0 Å². The van der Waals surface area contributed by atoms with Crippen LogP contribution in [0.5, 0.6) is 0 Å². The number of carbonyl (C=O) groups is 1. The SMILES string of the molecule is O=C1OCC[C@@H](c2ccc(Cl)cc2)[C@@H]1c1ccccc1[N+](=O)[O-]. The van der Waals surface area contributed by atoms with Gasteiger partial charge in [-0.3, -0.25) is 14.9 Å². The van der Waals surface area contributed by atoms with Crippen LogP contribution in [0.3, 0.4) is 0 Å². The van der Waals surface area contributed by atoms with Gasteiger partial charge in [-0.15, -0.1) is 0 Å². The third-order valence-corrected chi connectivity index (χ3v) is 4.35. The first-order valence-corrected chi connectivity index (χ1v) is 7.61. The normalized spacial score (nSPS) is 20.8. The van der Waals surface area contributed by atoms with Crippen LogP contribution in [0.25, 0.3) is 0 Å². The van der Waals surface area contributed by atoms with Crippen LogP contribution in [0.4, 0.5) is 5.69 Å². The summed E-state index contributed by atoms with van der Waals surface area (Å²) < 4.78 is 5.17. The standard InChI is InChI=1S/C17H14ClNO4/c18-12-7-5-11(6-8-12)13-9-10-23-17(20)16(13)14-3-1-2-4-15(14)19(21)22/h1-8,13,16H,9-10H2/t13-,16+/m0/s1. The van der Waals surface area contributed by atoms with Crippen LogP contribution >= 0.6 is 11.6 Å². The molecular weight excluding hydrogens is 318 g/mol. The summed E-state index contributed by atoms with van der Waals surface area (Å²) in [5.41, 5.74) is 1.26. The number of carbonyl (C=O) groups excluding carboxylic acids is 1. The Morgan fingerprint density at radius 1 is 1.13 bits per heavy atom. The second-order valence-electron chi connectivity index (χ2n) is 5.41. The Labute approximate surface area is 138 Å². The number of nitrogens with zero attached hydrogens (tertiary/aromatic N) is 1. The van der Waals surface area contributed by atoms with Crippen LogP contribution in [0.1, 0.15) is 29.4 Å². The summed E-state index contributed by atoms with van der Waals surface area (Å²) in [4.78, 5) is 23.2. The highest BCUT2D eigenvalue weighted by atomic mass is 35.5. The van der Waals surface area contributed by atoms with Crippen molar-refractivity contribution >= 4 is 23.3 Å². The number of nitro benzene ring substituents is 1. The van der Waals surface area contributed by atoms with Crippen LogP contribution in [-0.4, -0.2) is 17.5 Å². The summed E-state index contributed by atoms with van der Waals surface area (Å²) >= 11 is 5.92. The van der Waals surface area contributed by atoms with Gasteiger partial charge < -0.3 is 4.74 Å². The van der Waals surface area contributed by atoms with Crippen molar-refractivity contribution in [3.8, 4) is 0 Å². The molecule has 0 N–H and O–H groups in total. The van der Waals surface area contributed by atoms with E-state index in [0.717, 1.165) is 5.56 Å². The fourth-order valence-corrected chi connectivity index (χ4v) is 3.16. The summed E-state index contributed by atoms with van der Waals surface area (Å²) in [6.07, 6.45) is 0.615. The molecule has 0 aliphatic carbocycles. The maximum atomic E-state index is 12.3. The van der Waals surface area contributed by atoms with Gasteiger partial charge in [0.15, 0.2) is 0 Å². The highest BCUT2D eigenvalue weighted by molar-refractivity contribution is 6.30. The number of cyclic esters (lactones) is 1. The Balaban J connectivity index is 2.07. The van der Waals surface area contributed by atoms with Crippen LogP contribution in [0, 0.1) is 10.1 Å². The zero-order valence-electron chi connectivity index (χ0n) is 12.1.